The molecule has 0 aromatic heterocycles. The monoisotopic (exact) mass is 310 g/mol. The van der Waals surface area contributed by atoms with E-state index in [9.17, 15) is 0 Å². The van der Waals surface area contributed by atoms with Gasteiger partial charge in [-0.2, -0.15) is 0 Å². The molecule has 2 saturated heterocycles. The first-order valence-electron chi connectivity index (χ1n) is 9.42. The fourth-order valence-corrected chi connectivity index (χ4v) is 3.89. The first-order valence-corrected chi connectivity index (χ1v) is 9.42. The summed E-state index contributed by atoms with van der Waals surface area (Å²) in [6.45, 7) is 19.0. The Hall–Kier alpha value is -0.120. The van der Waals surface area contributed by atoms with E-state index < -0.39 is 0 Å². The Morgan fingerprint density at radius 2 is 1.32 bits per heavy atom. The van der Waals surface area contributed by atoms with Gasteiger partial charge in [0.1, 0.15) is 0 Å². The van der Waals surface area contributed by atoms with Gasteiger partial charge < -0.3 is 14.5 Å². The summed E-state index contributed by atoms with van der Waals surface area (Å²) in [6.07, 6.45) is 5.94. The number of likely N-dealkylation sites (tertiary alicyclic amines) is 2. The molecule has 3 heteroatoms. The molecule has 130 valence electrons. The van der Waals surface area contributed by atoms with Crippen LogP contribution in [0.5, 0.6) is 0 Å². The maximum absolute atomic E-state index is 6.41. The number of nitrogens with zero attached hydrogens (tertiary/aromatic N) is 2. The number of hydrogen-bond acceptors (Lipinski definition) is 3. The molecule has 0 unspecified atom stereocenters. The van der Waals surface area contributed by atoms with E-state index in [1.807, 2.05) is 0 Å². The average Bonchev–Trinajstić information content (AvgIpc) is 2.41. The van der Waals surface area contributed by atoms with Gasteiger partial charge in [0.2, 0.25) is 0 Å². The van der Waals surface area contributed by atoms with Crippen molar-refractivity contribution in [3.63, 3.8) is 0 Å². The molecule has 2 rings (SSSR count). The van der Waals surface area contributed by atoms with Gasteiger partial charge >= 0.3 is 0 Å². The summed E-state index contributed by atoms with van der Waals surface area (Å²) >= 11 is 0. The third-order valence-corrected chi connectivity index (χ3v) is 4.78. The third-order valence-electron chi connectivity index (χ3n) is 4.78. The Kier molecular flexibility index (Phi) is 6.73. The van der Waals surface area contributed by atoms with E-state index in [1.165, 1.54) is 65.0 Å². The highest BCUT2D eigenvalue weighted by atomic mass is 16.5. The van der Waals surface area contributed by atoms with Gasteiger partial charge in [-0.1, -0.05) is 34.6 Å². The van der Waals surface area contributed by atoms with Crippen molar-refractivity contribution in [3.05, 3.63) is 0 Å². The molecule has 0 aromatic rings. The van der Waals surface area contributed by atoms with E-state index in [1.54, 1.807) is 0 Å². The Balaban J connectivity index is 1.63. The summed E-state index contributed by atoms with van der Waals surface area (Å²) in [6, 6.07) is 0. The topological polar surface area (TPSA) is 15.7 Å². The predicted octanol–water partition coefficient (Wildman–Crippen LogP) is 3.63. The summed E-state index contributed by atoms with van der Waals surface area (Å²) in [5.41, 5.74) is 0.414. The van der Waals surface area contributed by atoms with Crippen molar-refractivity contribution < 1.29 is 4.74 Å². The smallest absolute Gasteiger partial charge is 0.0603 e. The fourth-order valence-electron chi connectivity index (χ4n) is 3.89. The molecule has 2 fully saturated rings. The molecular formula is C19H38N2O. The van der Waals surface area contributed by atoms with Gasteiger partial charge in [-0.05, 0) is 37.0 Å². The molecule has 0 atom stereocenters. The summed E-state index contributed by atoms with van der Waals surface area (Å²) in [4.78, 5) is 5.22. The average molecular weight is 311 g/mol. The number of piperidine rings is 2. The van der Waals surface area contributed by atoms with E-state index in [0.717, 1.165) is 5.92 Å². The van der Waals surface area contributed by atoms with Crippen LogP contribution in [0.4, 0.5) is 0 Å². The molecular weight excluding hydrogens is 272 g/mol. The lowest BCUT2D eigenvalue weighted by atomic mass is 9.94. The predicted molar refractivity (Wildman–Crippen MR) is 94.3 cm³/mol. The van der Waals surface area contributed by atoms with Gasteiger partial charge in [-0.25, -0.2) is 0 Å². The zero-order valence-electron chi connectivity index (χ0n) is 15.6. The second-order valence-electron chi connectivity index (χ2n) is 9.07. The molecule has 0 aromatic carbocycles. The van der Waals surface area contributed by atoms with Crippen molar-refractivity contribution in [1.29, 1.82) is 0 Å². The lowest BCUT2D eigenvalue weighted by Crippen LogP contribution is -2.44. The summed E-state index contributed by atoms with van der Waals surface area (Å²) in [5.74, 6) is 0.782. The highest BCUT2D eigenvalue weighted by molar-refractivity contribution is 4.79. The summed E-state index contributed by atoms with van der Waals surface area (Å²) in [7, 11) is 0. The minimum atomic E-state index is 0.414. The molecule has 2 aliphatic rings. The van der Waals surface area contributed by atoms with Crippen LogP contribution in [0, 0.1) is 11.3 Å². The van der Waals surface area contributed by atoms with Crippen molar-refractivity contribution in [2.24, 2.45) is 11.3 Å². The SMILES string of the molecule is CC(C)CN1CCC(OC2CCN(CC(C)(C)C)CC2)CC1. The normalized spacial score (nSPS) is 24.3. The van der Waals surface area contributed by atoms with Gasteiger partial charge in [-0.15, -0.1) is 0 Å². The molecule has 22 heavy (non-hydrogen) atoms. The molecule has 0 radical (unpaired) electrons. The molecule has 0 saturated carbocycles. The number of ether oxygens (including phenoxy) is 1. The minimum Gasteiger partial charge on any atom is -0.375 e. The quantitative estimate of drug-likeness (QED) is 0.771. The Morgan fingerprint density at radius 1 is 0.864 bits per heavy atom. The van der Waals surface area contributed by atoms with Crippen LogP contribution < -0.4 is 0 Å². The van der Waals surface area contributed by atoms with Crippen LogP contribution in [0.1, 0.15) is 60.3 Å². The van der Waals surface area contributed by atoms with Crippen LogP contribution in [-0.2, 0) is 4.74 Å². The summed E-state index contributed by atoms with van der Waals surface area (Å²) in [5, 5.41) is 0. The highest BCUT2D eigenvalue weighted by Crippen LogP contribution is 2.23. The van der Waals surface area contributed by atoms with E-state index in [-0.39, 0.29) is 0 Å². The van der Waals surface area contributed by atoms with Crippen molar-refractivity contribution in [2.75, 3.05) is 39.3 Å². The van der Waals surface area contributed by atoms with Crippen LogP contribution >= 0.6 is 0 Å². The zero-order valence-corrected chi connectivity index (χ0v) is 15.6. The van der Waals surface area contributed by atoms with Gasteiger partial charge in [0, 0.05) is 39.3 Å². The number of rotatable bonds is 5. The van der Waals surface area contributed by atoms with E-state index >= 15 is 0 Å². The van der Waals surface area contributed by atoms with Gasteiger partial charge in [-0.3, -0.25) is 0 Å². The van der Waals surface area contributed by atoms with Gasteiger partial charge in [0.15, 0.2) is 0 Å². The van der Waals surface area contributed by atoms with Crippen LogP contribution in [0.2, 0.25) is 0 Å². The highest BCUT2D eigenvalue weighted by Gasteiger charge is 2.27. The van der Waals surface area contributed by atoms with Crippen molar-refractivity contribution in [2.45, 2.75) is 72.5 Å². The van der Waals surface area contributed by atoms with Crippen molar-refractivity contribution in [3.8, 4) is 0 Å². The van der Waals surface area contributed by atoms with E-state index in [4.69, 9.17) is 4.74 Å². The Bertz CT molecular complexity index is 308. The molecule has 2 heterocycles. The maximum atomic E-state index is 6.41. The van der Waals surface area contributed by atoms with Crippen molar-refractivity contribution in [1.82, 2.24) is 9.80 Å². The zero-order chi connectivity index (χ0) is 16.2. The third kappa shape index (κ3) is 6.55. The van der Waals surface area contributed by atoms with Crippen molar-refractivity contribution >= 4 is 0 Å². The number of hydrogen-bond donors (Lipinski definition) is 0. The van der Waals surface area contributed by atoms with Crippen LogP contribution in [0.15, 0.2) is 0 Å². The Labute approximate surface area is 138 Å². The molecule has 0 amide bonds. The molecule has 3 nitrogen and oxygen atoms in total. The molecule has 0 spiro atoms. The van der Waals surface area contributed by atoms with Gasteiger partial charge in [0.25, 0.3) is 0 Å². The minimum absolute atomic E-state index is 0.414. The molecule has 2 aliphatic heterocycles. The van der Waals surface area contributed by atoms with E-state index in [0.29, 0.717) is 17.6 Å². The first-order chi connectivity index (χ1) is 10.3. The largest absolute Gasteiger partial charge is 0.375 e. The Morgan fingerprint density at radius 3 is 1.73 bits per heavy atom. The van der Waals surface area contributed by atoms with Gasteiger partial charge in [0.05, 0.1) is 12.2 Å². The second kappa shape index (κ2) is 8.12. The molecule has 0 bridgehead atoms. The summed E-state index contributed by atoms with van der Waals surface area (Å²) < 4.78 is 6.41. The second-order valence-corrected chi connectivity index (χ2v) is 9.07. The maximum Gasteiger partial charge on any atom is 0.0603 e. The standard InChI is InChI=1S/C19H38N2O/c1-16(2)14-20-10-6-17(7-11-20)22-18-8-12-21(13-9-18)15-19(3,4)5/h16-18H,6-15H2,1-5H3. The van der Waals surface area contributed by atoms with E-state index in [2.05, 4.69) is 44.4 Å². The van der Waals surface area contributed by atoms with Crippen LogP contribution in [-0.4, -0.2) is 61.3 Å². The first kappa shape index (κ1) is 18.2. The van der Waals surface area contributed by atoms with Crippen LogP contribution in [0.3, 0.4) is 0 Å². The van der Waals surface area contributed by atoms with Crippen LogP contribution in [0.25, 0.3) is 0 Å². The molecule has 0 aliphatic carbocycles. The lowest BCUT2D eigenvalue weighted by Gasteiger charge is -2.39. The lowest BCUT2D eigenvalue weighted by molar-refractivity contribution is -0.0677. The molecule has 0 N–H and O–H groups in total. The fraction of sp³-hybridized carbons (Fsp3) is 1.00.